The van der Waals surface area contributed by atoms with Crippen molar-refractivity contribution < 1.29 is 35.9 Å². The summed E-state index contributed by atoms with van der Waals surface area (Å²) in [6.07, 6.45) is -11.2. The summed E-state index contributed by atoms with van der Waals surface area (Å²) in [5, 5.41) is 17.8. The van der Waals surface area contributed by atoms with Crippen LogP contribution in [-0.4, -0.2) is 18.3 Å². The summed E-state index contributed by atoms with van der Waals surface area (Å²) < 4.78 is 84.3. The molecule has 0 amide bonds. The second-order valence-electron chi connectivity index (χ2n) is 5.91. The van der Waals surface area contributed by atoms with Gasteiger partial charge in [0.2, 0.25) is 5.41 Å². The number of halogens is 6. The lowest BCUT2D eigenvalue weighted by Crippen LogP contribution is -2.43. The summed E-state index contributed by atoms with van der Waals surface area (Å²) in [5.41, 5.74) is -7.15. The van der Waals surface area contributed by atoms with E-state index < -0.39 is 35.1 Å². The Balaban J connectivity index is 2.34. The molecule has 27 heavy (non-hydrogen) atoms. The Bertz CT molecular complexity index is 828. The van der Waals surface area contributed by atoms with Gasteiger partial charge in [0.25, 0.3) is 0 Å². The smallest absolute Gasteiger partial charge is 0.406 e. The number of esters is 1. The third-order valence-electron chi connectivity index (χ3n) is 4.38. The molecule has 1 atom stereocenters. The van der Waals surface area contributed by atoms with Crippen LogP contribution in [0.1, 0.15) is 5.56 Å². The number of benzene rings is 1. The second-order valence-corrected chi connectivity index (χ2v) is 5.91. The molecule has 0 heterocycles. The average Bonchev–Trinajstić information content (AvgIpc) is 3.19. The molecule has 0 N–H and O–H groups in total. The fourth-order valence-corrected chi connectivity index (χ4v) is 3.02. The molecule has 1 unspecified atom stereocenters. The maximum Gasteiger partial charge on any atom is 0.406 e. The van der Waals surface area contributed by atoms with E-state index in [0.29, 0.717) is 6.08 Å². The van der Waals surface area contributed by atoms with E-state index >= 15 is 0 Å². The molecule has 1 aliphatic rings. The lowest BCUT2D eigenvalue weighted by molar-refractivity contribution is -0.310. The van der Waals surface area contributed by atoms with Gasteiger partial charge in [-0.3, -0.25) is 0 Å². The lowest BCUT2D eigenvalue weighted by Gasteiger charge is -2.24. The largest absolute Gasteiger partial charge is 0.423 e. The van der Waals surface area contributed by atoms with Crippen LogP contribution in [0.2, 0.25) is 0 Å². The number of carbonyl (C=O) groups is 1. The number of nitriles is 2. The summed E-state index contributed by atoms with van der Waals surface area (Å²) in [4.78, 5) is 11.7. The van der Waals surface area contributed by atoms with Crippen molar-refractivity contribution in [2.75, 3.05) is 0 Å². The van der Waals surface area contributed by atoms with Crippen LogP contribution in [0.25, 0.3) is 0 Å². The molecule has 1 fully saturated rings. The maximum absolute atomic E-state index is 13.2. The fourth-order valence-electron chi connectivity index (χ4n) is 3.02. The molecule has 142 valence electrons. The normalized spacial score (nSPS) is 20.6. The highest BCUT2D eigenvalue weighted by molar-refractivity contribution is 5.84. The van der Waals surface area contributed by atoms with E-state index in [2.05, 4.69) is 0 Å². The molecule has 0 aromatic heterocycles. The Morgan fingerprint density at radius 2 is 1.56 bits per heavy atom. The first-order valence-electron chi connectivity index (χ1n) is 7.30. The van der Waals surface area contributed by atoms with E-state index in [0.717, 1.165) is 17.7 Å². The molecule has 0 bridgehead atoms. The van der Waals surface area contributed by atoms with E-state index in [1.807, 2.05) is 0 Å². The van der Waals surface area contributed by atoms with Crippen molar-refractivity contribution in [2.24, 2.45) is 16.7 Å². The van der Waals surface area contributed by atoms with Crippen molar-refractivity contribution in [1.29, 1.82) is 10.5 Å². The van der Waals surface area contributed by atoms with Crippen LogP contribution >= 0.6 is 0 Å². The van der Waals surface area contributed by atoms with E-state index in [-0.39, 0.29) is 11.8 Å². The van der Waals surface area contributed by atoms with Gasteiger partial charge in [-0.25, -0.2) is 4.79 Å². The summed E-state index contributed by atoms with van der Waals surface area (Å²) in [7, 11) is 0. The highest BCUT2D eigenvalue weighted by Gasteiger charge is 2.98. The van der Waals surface area contributed by atoms with Crippen LogP contribution in [0.5, 0.6) is 5.75 Å². The Morgan fingerprint density at radius 3 is 1.93 bits per heavy atom. The van der Waals surface area contributed by atoms with Crippen LogP contribution in [0.15, 0.2) is 36.4 Å². The molecule has 1 aromatic carbocycles. The Morgan fingerprint density at radius 1 is 1.07 bits per heavy atom. The molecular formula is C17H10F6N2O2. The van der Waals surface area contributed by atoms with Crippen molar-refractivity contribution in [2.45, 2.75) is 19.3 Å². The first kappa shape index (κ1) is 20.3. The number of carbonyl (C=O) groups excluding carboxylic acids is 1. The molecule has 0 spiro atoms. The molecule has 0 aliphatic heterocycles. The standard InChI is InChI=1S/C17H10F6N2O2/c1-10-2-4-11(5-3-10)27-13(26)7-6-12-14(8-24,9-25)15(12,16(18,19)20)17(21,22)23/h2-7,12H,1H3/b7-6-. The van der Waals surface area contributed by atoms with Gasteiger partial charge < -0.3 is 4.74 Å². The molecule has 1 aliphatic carbocycles. The zero-order chi connectivity index (χ0) is 20.7. The molecular weight excluding hydrogens is 378 g/mol. The number of aryl methyl sites for hydroxylation is 1. The number of rotatable bonds is 3. The first-order valence-corrected chi connectivity index (χ1v) is 7.30. The minimum absolute atomic E-state index is 0.0239. The molecule has 1 saturated carbocycles. The Hall–Kier alpha value is -3.01. The summed E-state index contributed by atoms with van der Waals surface area (Å²) in [5.74, 6) is -3.81. The molecule has 1 aromatic rings. The van der Waals surface area contributed by atoms with Crippen LogP contribution in [0, 0.1) is 46.3 Å². The Labute approximate surface area is 149 Å². The number of allylic oxidation sites excluding steroid dienone is 1. The van der Waals surface area contributed by atoms with Gasteiger partial charge in [-0.2, -0.15) is 36.9 Å². The average molecular weight is 388 g/mol. The second kappa shape index (κ2) is 6.31. The van der Waals surface area contributed by atoms with Crippen molar-refractivity contribution in [3.8, 4) is 17.9 Å². The third kappa shape index (κ3) is 2.91. The fraction of sp³-hybridized carbons (Fsp3) is 0.353. The molecule has 2 rings (SSSR count). The van der Waals surface area contributed by atoms with Crippen molar-refractivity contribution in [1.82, 2.24) is 0 Å². The predicted molar refractivity (Wildman–Crippen MR) is 77.6 cm³/mol. The highest BCUT2D eigenvalue weighted by Crippen LogP contribution is 2.81. The quantitative estimate of drug-likeness (QED) is 0.336. The summed E-state index contributed by atoms with van der Waals surface area (Å²) in [6.45, 7) is 1.75. The van der Waals surface area contributed by atoms with Crippen molar-refractivity contribution in [3.63, 3.8) is 0 Å². The van der Waals surface area contributed by atoms with Gasteiger partial charge in [0.05, 0.1) is 12.1 Å². The minimum atomic E-state index is -5.92. The van der Waals surface area contributed by atoms with Crippen LogP contribution < -0.4 is 4.74 Å². The number of hydrogen-bond donors (Lipinski definition) is 0. The highest BCUT2D eigenvalue weighted by atomic mass is 19.4. The molecule has 4 nitrogen and oxygen atoms in total. The number of ether oxygens (including phenoxy) is 1. The first-order chi connectivity index (χ1) is 12.4. The summed E-state index contributed by atoms with van der Waals surface area (Å²) >= 11 is 0. The van der Waals surface area contributed by atoms with Gasteiger partial charge in [0, 0.05) is 12.0 Å². The zero-order valence-corrected chi connectivity index (χ0v) is 13.5. The number of hydrogen-bond acceptors (Lipinski definition) is 4. The van der Waals surface area contributed by atoms with Crippen LogP contribution in [0.3, 0.4) is 0 Å². The van der Waals surface area contributed by atoms with Crippen molar-refractivity contribution in [3.05, 3.63) is 42.0 Å². The zero-order valence-electron chi connectivity index (χ0n) is 13.5. The monoisotopic (exact) mass is 388 g/mol. The third-order valence-corrected chi connectivity index (χ3v) is 4.38. The predicted octanol–water partition coefficient (Wildman–Crippen LogP) is 4.23. The number of nitrogens with zero attached hydrogens (tertiary/aromatic N) is 2. The van der Waals surface area contributed by atoms with Crippen LogP contribution in [-0.2, 0) is 4.79 Å². The van der Waals surface area contributed by atoms with Gasteiger partial charge in [-0.05, 0) is 19.1 Å². The topological polar surface area (TPSA) is 73.9 Å². The van der Waals surface area contributed by atoms with Gasteiger partial charge in [0.15, 0.2) is 5.41 Å². The molecule has 0 radical (unpaired) electrons. The van der Waals surface area contributed by atoms with Crippen molar-refractivity contribution >= 4 is 5.97 Å². The lowest BCUT2D eigenvalue weighted by atomic mass is 9.93. The number of alkyl halides is 6. The SMILES string of the molecule is Cc1ccc(OC(=O)/C=C\C2C(C#N)(C#N)C2(C(F)(F)F)C(F)(F)F)cc1. The van der Waals surface area contributed by atoms with E-state index in [1.54, 1.807) is 19.1 Å². The van der Waals surface area contributed by atoms with Gasteiger partial charge in [-0.15, -0.1) is 0 Å². The van der Waals surface area contributed by atoms with Gasteiger partial charge in [-0.1, -0.05) is 23.8 Å². The van der Waals surface area contributed by atoms with E-state index in [1.165, 1.54) is 12.1 Å². The summed E-state index contributed by atoms with van der Waals surface area (Å²) in [6, 6.07) is 7.56. The van der Waals surface area contributed by atoms with Crippen LogP contribution in [0.4, 0.5) is 26.3 Å². The van der Waals surface area contributed by atoms with Gasteiger partial charge in [0.1, 0.15) is 5.75 Å². The van der Waals surface area contributed by atoms with Gasteiger partial charge >= 0.3 is 18.3 Å². The van der Waals surface area contributed by atoms with E-state index in [4.69, 9.17) is 15.3 Å². The molecule has 10 heteroatoms. The molecule has 0 saturated heterocycles. The maximum atomic E-state index is 13.2. The minimum Gasteiger partial charge on any atom is -0.423 e. The van der Waals surface area contributed by atoms with E-state index in [9.17, 15) is 31.1 Å². The Kier molecular flexibility index (Phi) is 4.74.